The third-order valence-corrected chi connectivity index (χ3v) is 0.981. The maximum Gasteiger partial charge on any atom is 0.143 e. The van der Waals surface area contributed by atoms with Gasteiger partial charge in [-0.2, -0.15) is 0 Å². The summed E-state index contributed by atoms with van der Waals surface area (Å²) in [5, 5.41) is 0. The van der Waals surface area contributed by atoms with Crippen LogP contribution in [0, 0.1) is 35.5 Å². The average Bonchev–Trinajstić information content (AvgIpc) is 2.16. The van der Waals surface area contributed by atoms with Crippen molar-refractivity contribution < 1.29 is 4.79 Å². The maximum atomic E-state index is 9.80. The zero-order valence-corrected chi connectivity index (χ0v) is 7.55. The molecule has 0 atom stereocenters. The molecule has 0 aliphatic rings. The lowest BCUT2D eigenvalue weighted by Gasteiger charge is -1.71. The van der Waals surface area contributed by atoms with Gasteiger partial charge in [-0.3, -0.25) is 4.79 Å². The molecule has 0 spiro atoms. The summed E-state index contributed by atoms with van der Waals surface area (Å²) in [5.41, 5.74) is 0. The highest BCUT2D eigenvalue weighted by molar-refractivity contribution is 5.65. The van der Waals surface area contributed by atoms with Crippen molar-refractivity contribution in [1.82, 2.24) is 0 Å². The summed E-state index contributed by atoms with van der Waals surface area (Å²) >= 11 is 0. The van der Waals surface area contributed by atoms with Gasteiger partial charge < -0.3 is 0 Å². The highest BCUT2D eigenvalue weighted by atomic mass is 16.1. The van der Waals surface area contributed by atoms with Crippen LogP contribution in [0.5, 0.6) is 0 Å². The fourth-order valence-electron chi connectivity index (χ4n) is 0.459. The minimum absolute atomic E-state index is 0.670. The van der Waals surface area contributed by atoms with Gasteiger partial charge in [-0.15, -0.1) is 0 Å². The molecule has 0 aliphatic heterocycles. The molecule has 0 radical (unpaired) electrons. The minimum atomic E-state index is 0.670. The Morgan fingerprint density at radius 3 is 2.62 bits per heavy atom. The molecule has 0 N–H and O–H groups in total. The van der Waals surface area contributed by atoms with E-state index in [4.69, 9.17) is 0 Å². The Morgan fingerprint density at radius 2 is 1.92 bits per heavy atom. The molecule has 0 saturated heterocycles. The van der Waals surface area contributed by atoms with Crippen LogP contribution in [-0.4, -0.2) is 6.29 Å². The SMILES string of the molecule is CCCC#CC#CC#C/C=C/C=O. The third kappa shape index (κ3) is 10.1. The van der Waals surface area contributed by atoms with Crippen molar-refractivity contribution in [1.29, 1.82) is 0 Å². The molecular formula is C12H10O. The van der Waals surface area contributed by atoms with Gasteiger partial charge in [-0.1, -0.05) is 18.8 Å². The van der Waals surface area contributed by atoms with Gasteiger partial charge in [0, 0.05) is 6.42 Å². The monoisotopic (exact) mass is 170 g/mol. The first-order valence-corrected chi connectivity index (χ1v) is 4.00. The summed E-state index contributed by atoms with van der Waals surface area (Å²) < 4.78 is 0. The molecule has 13 heavy (non-hydrogen) atoms. The van der Waals surface area contributed by atoms with E-state index in [0.717, 1.165) is 12.8 Å². The third-order valence-electron chi connectivity index (χ3n) is 0.981. The number of aldehydes is 1. The second-order valence-corrected chi connectivity index (χ2v) is 2.07. The molecule has 0 unspecified atom stereocenters. The number of rotatable bonds is 2. The molecule has 0 bridgehead atoms. The Balaban J connectivity index is 3.84. The molecule has 1 nitrogen and oxygen atoms in total. The van der Waals surface area contributed by atoms with E-state index in [0.29, 0.717) is 6.29 Å². The molecule has 0 saturated carbocycles. The summed E-state index contributed by atoms with van der Waals surface area (Å²) in [6, 6.07) is 0. The van der Waals surface area contributed by atoms with Crippen molar-refractivity contribution in [3.63, 3.8) is 0 Å². The van der Waals surface area contributed by atoms with E-state index >= 15 is 0 Å². The van der Waals surface area contributed by atoms with Crippen LogP contribution in [0.3, 0.4) is 0 Å². The maximum absolute atomic E-state index is 9.80. The molecule has 0 aromatic carbocycles. The lowest BCUT2D eigenvalue weighted by Crippen LogP contribution is -1.60. The lowest BCUT2D eigenvalue weighted by molar-refractivity contribution is -0.104. The predicted octanol–water partition coefficient (Wildman–Crippen LogP) is 1.55. The van der Waals surface area contributed by atoms with E-state index in [-0.39, 0.29) is 0 Å². The zero-order valence-electron chi connectivity index (χ0n) is 7.55. The van der Waals surface area contributed by atoms with Gasteiger partial charge >= 0.3 is 0 Å². The number of hydrogen-bond acceptors (Lipinski definition) is 1. The van der Waals surface area contributed by atoms with E-state index < -0.39 is 0 Å². The quantitative estimate of drug-likeness (QED) is 0.349. The van der Waals surface area contributed by atoms with Crippen LogP contribution in [0.2, 0.25) is 0 Å². The Labute approximate surface area is 79.2 Å². The first-order valence-electron chi connectivity index (χ1n) is 4.00. The molecular weight excluding hydrogens is 160 g/mol. The van der Waals surface area contributed by atoms with Gasteiger partial charge in [0.1, 0.15) is 6.29 Å². The number of carbonyl (C=O) groups is 1. The molecule has 1 heteroatoms. The van der Waals surface area contributed by atoms with Gasteiger partial charge in [-0.05, 0) is 42.3 Å². The zero-order chi connectivity index (χ0) is 9.78. The van der Waals surface area contributed by atoms with Crippen molar-refractivity contribution in [3.8, 4) is 35.5 Å². The van der Waals surface area contributed by atoms with Crippen LogP contribution in [0.1, 0.15) is 19.8 Å². The lowest BCUT2D eigenvalue weighted by atomic mass is 10.3. The van der Waals surface area contributed by atoms with E-state index in [1.807, 2.05) is 0 Å². The van der Waals surface area contributed by atoms with Gasteiger partial charge in [0.2, 0.25) is 0 Å². The Bertz CT molecular complexity index is 342. The highest BCUT2D eigenvalue weighted by Gasteiger charge is 1.65. The summed E-state index contributed by atoms with van der Waals surface area (Å²) in [6.45, 7) is 2.06. The van der Waals surface area contributed by atoms with Crippen molar-refractivity contribution >= 4 is 6.29 Å². The smallest absolute Gasteiger partial charge is 0.143 e. The molecule has 0 aromatic heterocycles. The van der Waals surface area contributed by atoms with E-state index in [1.165, 1.54) is 12.2 Å². The Hall–Kier alpha value is -1.91. The van der Waals surface area contributed by atoms with Crippen molar-refractivity contribution in [2.45, 2.75) is 19.8 Å². The van der Waals surface area contributed by atoms with E-state index in [2.05, 4.69) is 42.4 Å². The van der Waals surface area contributed by atoms with Crippen molar-refractivity contribution in [2.24, 2.45) is 0 Å². The van der Waals surface area contributed by atoms with Gasteiger partial charge in [0.15, 0.2) is 0 Å². The average molecular weight is 170 g/mol. The number of unbranched alkanes of at least 4 members (excludes halogenated alkanes) is 1. The van der Waals surface area contributed by atoms with E-state index in [9.17, 15) is 4.79 Å². The molecule has 0 aromatic rings. The fourth-order valence-corrected chi connectivity index (χ4v) is 0.459. The van der Waals surface area contributed by atoms with Crippen LogP contribution in [0.15, 0.2) is 12.2 Å². The summed E-state index contributed by atoms with van der Waals surface area (Å²) in [7, 11) is 0. The van der Waals surface area contributed by atoms with Crippen molar-refractivity contribution in [3.05, 3.63) is 12.2 Å². The van der Waals surface area contributed by atoms with Gasteiger partial charge in [-0.25, -0.2) is 0 Å². The highest BCUT2D eigenvalue weighted by Crippen LogP contribution is 1.79. The fraction of sp³-hybridized carbons (Fsp3) is 0.250. The number of allylic oxidation sites excluding steroid dienone is 2. The number of carbonyl (C=O) groups excluding carboxylic acids is 1. The summed E-state index contributed by atoms with van der Waals surface area (Å²) in [4.78, 5) is 9.80. The van der Waals surface area contributed by atoms with Gasteiger partial charge in [0.05, 0.1) is 0 Å². The molecule has 0 rings (SSSR count). The van der Waals surface area contributed by atoms with Gasteiger partial charge in [0.25, 0.3) is 0 Å². The second-order valence-electron chi connectivity index (χ2n) is 2.07. The second kappa shape index (κ2) is 10.1. The van der Waals surface area contributed by atoms with E-state index in [1.54, 1.807) is 0 Å². The molecule has 0 aliphatic carbocycles. The largest absolute Gasteiger partial charge is 0.299 e. The Kier molecular flexibility index (Phi) is 8.61. The summed E-state index contributed by atoms with van der Waals surface area (Å²) in [5.74, 6) is 15.8. The Morgan fingerprint density at radius 1 is 1.15 bits per heavy atom. The standard InChI is InChI=1S/C12H10O/c1-2-3-4-5-6-7-8-9-10-11-12-13/h10-12H,2-3H2,1H3/b11-10+. The van der Waals surface area contributed by atoms with Crippen LogP contribution in [0.4, 0.5) is 0 Å². The number of hydrogen-bond donors (Lipinski definition) is 0. The van der Waals surface area contributed by atoms with Crippen LogP contribution in [-0.2, 0) is 4.79 Å². The van der Waals surface area contributed by atoms with Crippen LogP contribution < -0.4 is 0 Å². The minimum Gasteiger partial charge on any atom is -0.299 e. The molecule has 0 heterocycles. The molecule has 64 valence electrons. The molecule has 0 amide bonds. The van der Waals surface area contributed by atoms with Crippen molar-refractivity contribution in [2.75, 3.05) is 0 Å². The molecule has 0 fully saturated rings. The topological polar surface area (TPSA) is 17.1 Å². The predicted molar refractivity (Wildman–Crippen MR) is 53.4 cm³/mol. The summed E-state index contributed by atoms with van der Waals surface area (Å²) in [6.07, 6.45) is 5.34. The first-order chi connectivity index (χ1) is 6.41. The normalized spacial score (nSPS) is 7.15. The first kappa shape index (κ1) is 11.1. The van der Waals surface area contributed by atoms with Crippen LogP contribution >= 0.6 is 0 Å². The van der Waals surface area contributed by atoms with Crippen LogP contribution in [0.25, 0.3) is 0 Å².